The number of amides is 2. The summed E-state index contributed by atoms with van der Waals surface area (Å²) in [5.41, 5.74) is 0.740. The van der Waals surface area contributed by atoms with E-state index in [1.54, 1.807) is 14.2 Å². The van der Waals surface area contributed by atoms with E-state index in [9.17, 15) is 9.59 Å². The van der Waals surface area contributed by atoms with Crippen molar-refractivity contribution in [2.24, 2.45) is 11.8 Å². The minimum Gasteiger partial charge on any atom is -0.493 e. The summed E-state index contributed by atoms with van der Waals surface area (Å²) >= 11 is 0. The number of ether oxygens (including phenoxy) is 2. The van der Waals surface area contributed by atoms with Crippen molar-refractivity contribution in [2.45, 2.75) is 58.5 Å². The van der Waals surface area contributed by atoms with Crippen LogP contribution in [-0.4, -0.2) is 31.6 Å². The first-order valence-corrected chi connectivity index (χ1v) is 9.54. The Labute approximate surface area is 162 Å². The van der Waals surface area contributed by atoms with Gasteiger partial charge in [0.25, 0.3) is 0 Å². The lowest BCUT2D eigenvalue weighted by atomic mass is 9.81. The number of benzene rings is 1. The van der Waals surface area contributed by atoms with Crippen LogP contribution in [0.25, 0.3) is 0 Å². The number of methoxy groups -OCH3 is 2. The van der Waals surface area contributed by atoms with Crippen LogP contribution in [0.15, 0.2) is 18.2 Å². The number of hydrogen-bond acceptors (Lipinski definition) is 4. The fourth-order valence-electron chi connectivity index (χ4n) is 3.41. The summed E-state index contributed by atoms with van der Waals surface area (Å²) in [6.07, 6.45) is 3.02. The smallest absolute Gasteiger partial charge is 0.223 e. The highest BCUT2D eigenvalue weighted by molar-refractivity contribution is 5.81. The molecule has 0 spiro atoms. The molecule has 1 aromatic rings. The topological polar surface area (TPSA) is 76.7 Å². The molecule has 1 fully saturated rings. The van der Waals surface area contributed by atoms with Gasteiger partial charge in [-0.15, -0.1) is 0 Å². The zero-order valence-corrected chi connectivity index (χ0v) is 17.1. The van der Waals surface area contributed by atoms with Crippen molar-refractivity contribution < 1.29 is 19.1 Å². The van der Waals surface area contributed by atoms with Crippen molar-refractivity contribution in [2.75, 3.05) is 14.2 Å². The molecule has 150 valence electrons. The first-order chi connectivity index (χ1) is 12.7. The van der Waals surface area contributed by atoms with Gasteiger partial charge in [0.1, 0.15) is 0 Å². The molecule has 1 aliphatic rings. The number of hydrogen-bond donors (Lipinski definition) is 2. The van der Waals surface area contributed by atoms with Gasteiger partial charge in [-0.05, 0) is 64.2 Å². The van der Waals surface area contributed by atoms with E-state index in [-0.39, 0.29) is 29.2 Å². The van der Waals surface area contributed by atoms with Crippen LogP contribution in [0.4, 0.5) is 0 Å². The molecule has 2 amide bonds. The van der Waals surface area contributed by atoms with Crippen molar-refractivity contribution >= 4 is 11.8 Å². The Morgan fingerprint density at radius 3 is 2.04 bits per heavy atom. The van der Waals surface area contributed by atoms with Gasteiger partial charge in [-0.25, -0.2) is 0 Å². The molecule has 0 radical (unpaired) electrons. The molecule has 0 atom stereocenters. The van der Waals surface area contributed by atoms with Crippen LogP contribution in [0, 0.1) is 11.8 Å². The van der Waals surface area contributed by atoms with E-state index in [1.165, 1.54) is 0 Å². The monoisotopic (exact) mass is 376 g/mol. The lowest BCUT2D eigenvalue weighted by Gasteiger charge is -2.30. The maximum absolute atomic E-state index is 12.5. The fourth-order valence-corrected chi connectivity index (χ4v) is 3.41. The molecule has 0 bridgehead atoms. The molecule has 0 unspecified atom stereocenters. The highest BCUT2D eigenvalue weighted by atomic mass is 16.5. The summed E-state index contributed by atoms with van der Waals surface area (Å²) < 4.78 is 10.5. The SMILES string of the molecule is COc1ccc(CNC(=O)C2CCC(C(=O)NC(C)(C)C)CC2)cc1OC. The van der Waals surface area contributed by atoms with Crippen molar-refractivity contribution in [3.63, 3.8) is 0 Å². The number of rotatable bonds is 6. The molecule has 1 aliphatic carbocycles. The molecule has 0 aromatic heterocycles. The van der Waals surface area contributed by atoms with E-state index >= 15 is 0 Å². The molecule has 0 aliphatic heterocycles. The zero-order valence-electron chi connectivity index (χ0n) is 17.1. The predicted octanol–water partition coefficient (Wildman–Crippen LogP) is 3.04. The normalized spacial score (nSPS) is 19.9. The van der Waals surface area contributed by atoms with E-state index in [2.05, 4.69) is 10.6 Å². The summed E-state index contributed by atoms with van der Waals surface area (Å²) in [6.45, 7) is 6.40. The van der Waals surface area contributed by atoms with Crippen LogP contribution in [0.5, 0.6) is 11.5 Å². The average Bonchev–Trinajstić information content (AvgIpc) is 2.64. The predicted molar refractivity (Wildman–Crippen MR) is 105 cm³/mol. The quantitative estimate of drug-likeness (QED) is 0.800. The molecular formula is C21H32N2O4. The number of carbonyl (C=O) groups is 2. The van der Waals surface area contributed by atoms with Gasteiger partial charge in [0, 0.05) is 23.9 Å². The van der Waals surface area contributed by atoms with Crippen molar-refractivity contribution in [3.8, 4) is 11.5 Å². The summed E-state index contributed by atoms with van der Waals surface area (Å²) in [5.74, 6) is 1.46. The molecule has 2 N–H and O–H groups in total. The van der Waals surface area contributed by atoms with Gasteiger partial charge in [0.2, 0.25) is 11.8 Å². The van der Waals surface area contributed by atoms with Crippen molar-refractivity contribution in [1.82, 2.24) is 10.6 Å². The molecule has 2 rings (SSSR count). The van der Waals surface area contributed by atoms with Crippen LogP contribution in [-0.2, 0) is 16.1 Å². The van der Waals surface area contributed by atoms with E-state index in [1.807, 2.05) is 39.0 Å². The number of carbonyl (C=O) groups excluding carboxylic acids is 2. The van der Waals surface area contributed by atoms with E-state index in [0.29, 0.717) is 18.0 Å². The molecular weight excluding hydrogens is 344 g/mol. The fraction of sp³-hybridized carbons (Fsp3) is 0.619. The second-order valence-corrected chi connectivity index (χ2v) is 8.19. The second-order valence-electron chi connectivity index (χ2n) is 8.19. The molecule has 0 heterocycles. The summed E-state index contributed by atoms with van der Waals surface area (Å²) in [7, 11) is 3.19. The third-order valence-corrected chi connectivity index (χ3v) is 4.88. The lowest BCUT2D eigenvalue weighted by molar-refractivity contribution is -0.131. The van der Waals surface area contributed by atoms with Gasteiger partial charge in [-0.1, -0.05) is 6.07 Å². The summed E-state index contributed by atoms with van der Waals surface area (Å²) in [5, 5.41) is 6.04. The Morgan fingerprint density at radius 2 is 1.52 bits per heavy atom. The largest absolute Gasteiger partial charge is 0.493 e. The molecule has 27 heavy (non-hydrogen) atoms. The van der Waals surface area contributed by atoms with Crippen molar-refractivity contribution in [3.05, 3.63) is 23.8 Å². The highest BCUT2D eigenvalue weighted by Crippen LogP contribution is 2.30. The Morgan fingerprint density at radius 1 is 0.963 bits per heavy atom. The van der Waals surface area contributed by atoms with Gasteiger partial charge in [-0.2, -0.15) is 0 Å². The van der Waals surface area contributed by atoms with E-state index in [4.69, 9.17) is 9.47 Å². The third kappa shape index (κ3) is 6.15. The Kier molecular flexibility index (Phi) is 7.11. The highest BCUT2D eigenvalue weighted by Gasteiger charge is 2.31. The number of nitrogens with one attached hydrogen (secondary N) is 2. The zero-order chi connectivity index (χ0) is 20.0. The van der Waals surface area contributed by atoms with Gasteiger partial charge >= 0.3 is 0 Å². The lowest BCUT2D eigenvalue weighted by Crippen LogP contribution is -2.45. The van der Waals surface area contributed by atoms with Gasteiger partial charge in [0.05, 0.1) is 14.2 Å². The van der Waals surface area contributed by atoms with Crippen LogP contribution >= 0.6 is 0 Å². The van der Waals surface area contributed by atoms with Crippen LogP contribution in [0.2, 0.25) is 0 Å². The first-order valence-electron chi connectivity index (χ1n) is 9.54. The van der Waals surface area contributed by atoms with Crippen molar-refractivity contribution in [1.29, 1.82) is 0 Å². The minimum absolute atomic E-state index is 0.0131. The Balaban J connectivity index is 1.82. The Bertz CT molecular complexity index is 659. The second kappa shape index (κ2) is 9.11. The maximum Gasteiger partial charge on any atom is 0.223 e. The van der Waals surface area contributed by atoms with Gasteiger partial charge < -0.3 is 20.1 Å². The minimum atomic E-state index is -0.218. The van der Waals surface area contributed by atoms with Gasteiger partial charge in [-0.3, -0.25) is 9.59 Å². The van der Waals surface area contributed by atoms with E-state index < -0.39 is 0 Å². The summed E-state index contributed by atoms with van der Waals surface area (Å²) in [6, 6.07) is 5.61. The maximum atomic E-state index is 12.5. The van der Waals surface area contributed by atoms with Crippen LogP contribution < -0.4 is 20.1 Å². The average molecular weight is 376 g/mol. The molecule has 1 saturated carbocycles. The molecule has 0 saturated heterocycles. The summed E-state index contributed by atoms with van der Waals surface area (Å²) in [4.78, 5) is 24.8. The van der Waals surface area contributed by atoms with Gasteiger partial charge in [0.15, 0.2) is 11.5 Å². The van der Waals surface area contributed by atoms with Crippen LogP contribution in [0.1, 0.15) is 52.0 Å². The van der Waals surface area contributed by atoms with E-state index in [0.717, 1.165) is 31.2 Å². The molecule has 6 heteroatoms. The molecule has 6 nitrogen and oxygen atoms in total. The molecule has 1 aromatic carbocycles. The first kappa shape index (κ1) is 21.1. The standard InChI is InChI=1S/C21H32N2O4/c1-21(2,3)23-20(25)16-9-7-15(8-10-16)19(24)22-13-14-6-11-17(26-4)18(12-14)27-5/h6,11-12,15-16H,7-10,13H2,1-5H3,(H,22,24)(H,23,25). The Hall–Kier alpha value is -2.24. The van der Waals surface area contributed by atoms with Crippen LogP contribution in [0.3, 0.4) is 0 Å². The third-order valence-electron chi connectivity index (χ3n) is 4.88.